The maximum atomic E-state index is 13.1. The van der Waals surface area contributed by atoms with Crippen molar-refractivity contribution in [3.8, 4) is 5.75 Å². The van der Waals surface area contributed by atoms with Gasteiger partial charge in [0.15, 0.2) is 5.75 Å². The Balaban J connectivity index is 1.91. The number of rotatable bonds is 5. The summed E-state index contributed by atoms with van der Waals surface area (Å²) in [6.07, 6.45) is 0. The van der Waals surface area contributed by atoms with Crippen LogP contribution in [0.4, 0.5) is 5.69 Å². The van der Waals surface area contributed by atoms with Crippen LogP contribution in [-0.4, -0.2) is 31.2 Å². The molecular weight excluding hydrogens is 392 g/mol. The molecule has 3 aromatic carbocycles. The van der Waals surface area contributed by atoms with Gasteiger partial charge in [-0.25, -0.2) is 4.79 Å². The zero-order valence-electron chi connectivity index (χ0n) is 18.4. The van der Waals surface area contributed by atoms with E-state index in [1.165, 1.54) is 0 Å². The van der Waals surface area contributed by atoms with Gasteiger partial charge in [-0.3, -0.25) is 9.63 Å². The maximum absolute atomic E-state index is 13.1. The van der Waals surface area contributed by atoms with Gasteiger partial charge in [0.05, 0.1) is 5.56 Å². The van der Waals surface area contributed by atoms with E-state index >= 15 is 0 Å². The number of nitrogens with zero attached hydrogens (tertiary/aromatic N) is 2. The lowest BCUT2D eigenvalue weighted by atomic mass is 10.0. The molecule has 0 aromatic heterocycles. The Morgan fingerprint density at radius 1 is 0.806 bits per heavy atom. The molecule has 0 saturated carbocycles. The van der Waals surface area contributed by atoms with E-state index < -0.39 is 11.9 Å². The minimum absolute atomic E-state index is 0.326. The van der Waals surface area contributed by atoms with E-state index in [1.54, 1.807) is 36.4 Å². The Labute approximate surface area is 182 Å². The van der Waals surface area contributed by atoms with Crippen molar-refractivity contribution >= 4 is 17.6 Å². The molecule has 0 bridgehead atoms. The van der Waals surface area contributed by atoms with Crippen LogP contribution in [0, 0.1) is 20.8 Å². The smallest absolute Gasteiger partial charge is 0.367 e. The summed E-state index contributed by atoms with van der Waals surface area (Å²) in [6.45, 7) is 5.63. The summed E-state index contributed by atoms with van der Waals surface area (Å²) in [5.74, 6) is -0.889. The van der Waals surface area contributed by atoms with E-state index in [0.29, 0.717) is 22.1 Å². The van der Waals surface area contributed by atoms with Crippen LogP contribution in [0.25, 0.3) is 0 Å². The van der Waals surface area contributed by atoms with Gasteiger partial charge in [0.2, 0.25) is 0 Å². The molecule has 0 aliphatic heterocycles. The highest BCUT2D eigenvalue weighted by Crippen LogP contribution is 2.21. The third kappa shape index (κ3) is 5.22. The summed E-state index contributed by atoms with van der Waals surface area (Å²) in [6, 6.07) is 19.4. The van der Waals surface area contributed by atoms with Crippen molar-refractivity contribution in [3.05, 3.63) is 94.5 Å². The summed E-state index contributed by atoms with van der Waals surface area (Å²) in [4.78, 5) is 39.1. The van der Waals surface area contributed by atoms with E-state index in [4.69, 9.17) is 9.68 Å². The van der Waals surface area contributed by atoms with Crippen LogP contribution in [-0.2, 0) is 4.84 Å². The molecule has 3 rings (SSSR count). The Morgan fingerprint density at radius 3 is 1.94 bits per heavy atom. The van der Waals surface area contributed by atoms with E-state index in [0.717, 1.165) is 22.4 Å². The van der Waals surface area contributed by atoms with Crippen molar-refractivity contribution in [2.75, 3.05) is 19.0 Å². The normalized spacial score (nSPS) is 10.4. The Hall–Kier alpha value is -3.80. The zero-order valence-corrected chi connectivity index (χ0v) is 18.4. The third-order valence-corrected chi connectivity index (χ3v) is 4.77. The van der Waals surface area contributed by atoms with Gasteiger partial charge in [-0.15, -0.1) is 0 Å². The quantitative estimate of drug-likeness (QED) is 0.553. The van der Waals surface area contributed by atoms with Crippen LogP contribution in [0.3, 0.4) is 0 Å². The molecule has 6 heteroatoms. The number of hydrogen-bond acceptors (Lipinski definition) is 5. The van der Waals surface area contributed by atoms with Crippen molar-refractivity contribution in [3.63, 3.8) is 0 Å². The van der Waals surface area contributed by atoms with Crippen LogP contribution < -0.4 is 9.74 Å². The van der Waals surface area contributed by atoms with Crippen LogP contribution in [0.15, 0.2) is 66.7 Å². The highest BCUT2D eigenvalue weighted by atomic mass is 17.0. The molecule has 31 heavy (non-hydrogen) atoms. The Morgan fingerprint density at radius 2 is 1.39 bits per heavy atom. The second kappa shape index (κ2) is 9.34. The summed E-state index contributed by atoms with van der Waals surface area (Å²) >= 11 is 0. The van der Waals surface area contributed by atoms with Crippen LogP contribution >= 0.6 is 0 Å². The molecular formula is C25H26N2O4. The van der Waals surface area contributed by atoms with Gasteiger partial charge >= 0.3 is 11.9 Å². The van der Waals surface area contributed by atoms with Gasteiger partial charge in [-0.1, -0.05) is 35.9 Å². The molecule has 0 saturated heterocycles. The van der Waals surface area contributed by atoms with Gasteiger partial charge in [-0.05, 0) is 68.3 Å². The highest BCUT2D eigenvalue weighted by Gasteiger charge is 2.26. The zero-order chi connectivity index (χ0) is 22.5. The first-order chi connectivity index (χ1) is 14.8. The Bertz CT molecular complexity index is 1050. The summed E-state index contributed by atoms with van der Waals surface area (Å²) in [5.41, 5.74) is 4.25. The number of anilines is 1. The Kier molecular flexibility index (Phi) is 6.60. The van der Waals surface area contributed by atoms with E-state index in [1.807, 2.05) is 70.1 Å². The number of carbonyl (C=O) groups is 2. The van der Waals surface area contributed by atoms with Crippen molar-refractivity contribution in [2.24, 2.45) is 0 Å². The number of hydroxylamine groups is 2. The molecule has 0 atom stereocenters. The number of para-hydroxylation sites is 1. The van der Waals surface area contributed by atoms with Gasteiger partial charge < -0.3 is 9.74 Å². The largest absolute Gasteiger partial charge is 0.378 e. The first-order valence-corrected chi connectivity index (χ1v) is 9.91. The average molecular weight is 418 g/mol. The first-order valence-electron chi connectivity index (χ1n) is 9.91. The fourth-order valence-electron chi connectivity index (χ4n) is 3.31. The minimum atomic E-state index is -0.663. The summed E-state index contributed by atoms with van der Waals surface area (Å²) in [5, 5.41) is 0.640. The van der Waals surface area contributed by atoms with E-state index in [-0.39, 0.29) is 0 Å². The maximum Gasteiger partial charge on any atom is 0.367 e. The molecule has 0 radical (unpaired) electrons. The molecule has 0 aliphatic carbocycles. The molecule has 0 N–H and O–H groups in total. The van der Waals surface area contributed by atoms with Crippen molar-refractivity contribution < 1.29 is 19.3 Å². The second-order valence-corrected chi connectivity index (χ2v) is 7.56. The van der Waals surface area contributed by atoms with Crippen molar-refractivity contribution in [2.45, 2.75) is 20.8 Å². The lowest BCUT2D eigenvalue weighted by Gasteiger charge is -2.21. The third-order valence-electron chi connectivity index (χ3n) is 4.77. The predicted octanol–water partition coefficient (Wildman–Crippen LogP) is 4.89. The molecule has 160 valence electrons. The molecule has 0 heterocycles. The topological polar surface area (TPSA) is 59.1 Å². The molecule has 0 aliphatic rings. The monoisotopic (exact) mass is 418 g/mol. The lowest BCUT2D eigenvalue weighted by Crippen LogP contribution is -2.37. The number of aryl methyl sites for hydroxylation is 3. The number of carbonyl (C=O) groups excluding carboxylic acids is 2. The fourth-order valence-corrected chi connectivity index (χ4v) is 3.31. The van der Waals surface area contributed by atoms with E-state index in [2.05, 4.69) is 0 Å². The summed E-state index contributed by atoms with van der Waals surface area (Å²) in [7, 11) is 3.82. The highest BCUT2D eigenvalue weighted by molar-refractivity contribution is 5.97. The van der Waals surface area contributed by atoms with Gasteiger partial charge in [0.1, 0.15) is 0 Å². The van der Waals surface area contributed by atoms with Crippen LogP contribution in [0.1, 0.15) is 37.4 Å². The minimum Gasteiger partial charge on any atom is -0.378 e. The average Bonchev–Trinajstić information content (AvgIpc) is 2.73. The molecule has 0 unspecified atom stereocenters. The van der Waals surface area contributed by atoms with Crippen LogP contribution in [0.5, 0.6) is 5.75 Å². The van der Waals surface area contributed by atoms with Gasteiger partial charge in [-0.2, -0.15) is 0 Å². The number of hydrogen-bond donors (Lipinski definition) is 0. The SMILES string of the molecule is Cc1cc(C)c(C(=O)ON(Oc2ccccc2)C(=O)c2ccc(N(C)C)cc2)c(C)c1. The van der Waals surface area contributed by atoms with Gasteiger partial charge in [0.25, 0.3) is 0 Å². The molecule has 6 nitrogen and oxygen atoms in total. The second-order valence-electron chi connectivity index (χ2n) is 7.56. The molecule has 0 fully saturated rings. The molecule has 3 aromatic rings. The fraction of sp³-hybridized carbons (Fsp3) is 0.200. The van der Waals surface area contributed by atoms with Crippen LogP contribution in [0.2, 0.25) is 0 Å². The van der Waals surface area contributed by atoms with E-state index in [9.17, 15) is 9.59 Å². The predicted molar refractivity (Wildman–Crippen MR) is 120 cm³/mol. The van der Waals surface area contributed by atoms with Crippen molar-refractivity contribution in [1.29, 1.82) is 0 Å². The molecule has 0 spiro atoms. The number of amides is 1. The number of benzene rings is 3. The standard InChI is InChI=1S/C25H26N2O4/c1-17-15-18(2)23(19(3)16-17)25(29)31-27(30-22-9-7-6-8-10-22)24(28)20-11-13-21(14-12-20)26(4)5/h6-16H,1-5H3. The van der Waals surface area contributed by atoms with Gasteiger partial charge in [0, 0.05) is 30.6 Å². The lowest BCUT2D eigenvalue weighted by molar-refractivity contribution is -0.235. The molecule has 1 amide bonds. The first kappa shape index (κ1) is 21.9. The van der Waals surface area contributed by atoms with Crippen molar-refractivity contribution in [1.82, 2.24) is 5.23 Å². The summed E-state index contributed by atoms with van der Waals surface area (Å²) < 4.78 is 0.